The zero-order chi connectivity index (χ0) is 19.1. The summed E-state index contributed by atoms with van der Waals surface area (Å²) in [4.78, 5) is 22.7. The number of anilines is 1. The minimum Gasteiger partial charge on any atom is -0.325 e. The van der Waals surface area contributed by atoms with Crippen LogP contribution in [0.25, 0.3) is 0 Å². The Morgan fingerprint density at radius 2 is 1.92 bits per heavy atom. The summed E-state index contributed by atoms with van der Waals surface area (Å²) in [6.45, 7) is 1.68. The van der Waals surface area contributed by atoms with Gasteiger partial charge in [0.05, 0.1) is 16.2 Å². The van der Waals surface area contributed by atoms with Gasteiger partial charge in [0.25, 0.3) is 5.69 Å². The number of aryl methyl sites for hydroxylation is 1. The molecule has 5 nitrogen and oxygen atoms in total. The number of nitro groups is 1. The quantitative estimate of drug-likeness (QED) is 0.633. The van der Waals surface area contributed by atoms with Gasteiger partial charge in [0.15, 0.2) is 0 Å². The van der Waals surface area contributed by atoms with Crippen molar-refractivity contribution in [3.05, 3.63) is 69.3 Å². The van der Waals surface area contributed by atoms with Gasteiger partial charge in [0.2, 0.25) is 5.91 Å². The van der Waals surface area contributed by atoms with E-state index in [2.05, 4.69) is 5.32 Å². The van der Waals surface area contributed by atoms with Gasteiger partial charge in [-0.15, -0.1) is 0 Å². The Labute approximate surface area is 147 Å². The van der Waals surface area contributed by atoms with E-state index in [4.69, 9.17) is 0 Å². The topological polar surface area (TPSA) is 72.2 Å². The molecule has 0 heterocycles. The van der Waals surface area contributed by atoms with Crippen LogP contribution in [0.4, 0.5) is 24.5 Å². The molecule has 2 aromatic rings. The van der Waals surface area contributed by atoms with Crippen molar-refractivity contribution in [2.45, 2.75) is 25.4 Å². The lowest BCUT2D eigenvalue weighted by Crippen LogP contribution is -2.16. The summed E-state index contributed by atoms with van der Waals surface area (Å²) in [5, 5.41) is 13.5. The number of non-ortho nitro benzene ring substituents is 1. The zero-order valence-corrected chi connectivity index (χ0v) is 13.7. The summed E-state index contributed by atoms with van der Waals surface area (Å²) in [6.07, 6.45) is -4.16. The summed E-state index contributed by atoms with van der Waals surface area (Å²) in [5.74, 6) is -1.53. The highest BCUT2D eigenvalue weighted by atomic mass is 19.4. The Morgan fingerprint density at radius 1 is 1.23 bits per heavy atom. The van der Waals surface area contributed by atoms with Crippen LogP contribution >= 0.6 is 0 Å². The van der Waals surface area contributed by atoms with E-state index in [9.17, 15) is 28.1 Å². The lowest BCUT2D eigenvalue weighted by atomic mass is 10.0. The normalized spacial score (nSPS) is 19.1. The molecule has 3 rings (SSSR count). The molecule has 2 aromatic carbocycles. The lowest BCUT2D eigenvalue weighted by Gasteiger charge is -2.13. The highest BCUT2D eigenvalue weighted by molar-refractivity contribution is 5.96. The third-order valence-electron chi connectivity index (χ3n) is 4.48. The van der Waals surface area contributed by atoms with Gasteiger partial charge in [0, 0.05) is 18.1 Å². The van der Waals surface area contributed by atoms with E-state index >= 15 is 0 Å². The van der Waals surface area contributed by atoms with Crippen molar-refractivity contribution in [3.63, 3.8) is 0 Å². The van der Waals surface area contributed by atoms with E-state index in [0.29, 0.717) is 17.7 Å². The molecule has 0 aromatic heterocycles. The highest BCUT2D eigenvalue weighted by Crippen LogP contribution is 2.51. The van der Waals surface area contributed by atoms with Crippen LogP contribution < -0.4 is 5.32 Å². The standard InChI is InChI=1S/C18H15F3N2O3/c1-10-6-7-11(23(25)26)8-16(10)22-17(24)14-9-13(14)12-4-2-3-5-15(12)18(19,20)21/h2-8,13-14H,9H2,1H3,(H,22,24). The zero-order valence-electron chi connectivity index (χ0n) is 13.7. The minimum absolute atomic E-state index is 0.107. The van der Waals surface area contributed by atoms with Crippen molar-refractivity contribution in [2.24, 2.45) is 5.92 Å². The molecule has 0 aliphatic heterocycles. The summed E-state index contributed by atoms with van der Waals surface area (Å²) in [6, 6.07) is 9.31. The maximum absolute atomic E-state index is 13.1. The maximum atomic E-state index is 13.1. The molecule has 26 heavy (non-hydrogen) atoms. The monoisotopic (exact) mass is 364 g/mol. The number of alkyl halides is 3. The van der Waals surface area contributed by atoms with Crippen LogP contribution in [0, 0.1) is 23.0 Å². The molecule has 1 N–H and O–H groups in total. The van der Waals surface area contributed by atoms with Gasteiger partial charge in [-0.3, -0.25) is 14.9 Å². The Morgan fingerprint density at radius 3 is 2.58 bits per heavy atom. The summed E-state index contributed by atoms with van der Waals surface area (Å²) >= 11 is 0. The number of amides is 1. The largest absolute Gasteiger partial charge is 0.416 e. The van der Waals surface area contributed by atoms with Gasteiger partial charge in [-0.05, 0) is 36.5 Å². The number of rotatable bonds is 4. The van der Waals surface area contributed by atoms with E-state index in [0.717, 1.165) is 6.07 Å². The molecule has 0 saturated heterocycles. The third kappa shape index (κ3) is 3.54. The number of carbonyl (C=O) groups is 1. The van der Waals surface area contributed by atoms with Gasteiger partial charge < -0.3 is 5.32 Å². The number of carbonyl (C=O) groups excluding carboxylic acids is 1. The van der Waals surface area contributed by atoms with Gasteiger partial charge >= 0.3 is 6.18 Å². The number of nitro benzene ring substituents is 1. The third-order valence-corrected chi connectivity index (χ3v) is 4.48. The number of hydrogen-bond donors (Lipinski definition) is 1. The first-order valence-electron chi connectivity index (χ1n) is 7.90. The second-order valence-corrected chi connectivity index (χ2v) is 6.28. The molecule has 1 aliphatic rings. The SMILES string of the molecule is Cc1ccc([N+](=O)[O-])cc1NC(=O)C1CC1c1ccccc1C(F)(F)F. The molecule has 2 atom stereocenters. The average molecular weight is 364 g/mol. The molecule has 2 unspecified atom stereocenters. The fourth-order valence-electron chi connectivity index (χ4n) is 2.99. The Hall–Kier alpha value is -2.90. The highest BCUT2D eigenvalue weighted by Gasteiger charge is 2.47. The van der Waals surface area contributed by atoms with Crippen LogP contribution in [-0.2, 0) is 11.0 Å². The Kier molecular flexibility index (Phi) is 4.43. The first kappa shape index (κ1) is 17.9. The number of hydrogen-bond acceptors (Lipinski definition) is 3. The molecular weight excluding hydrogens is 349 g/mol. The summed E-state index contributed by atoms with van der Waals surface area (Å²) < 4.78 is 39.4. The molecule has 1 amide bonds. The van der Waals surface area contributed by atoms with Crippen molar-refractivity contribution in [1.82, 2.24) is 0 Å². The number of halogens is 3. The van der Waals surface area contributed by atoms with Crippen LogP contribution in [0.15, 0.2) is 42.5 Å². The number of nitrogens with one attached hydrogen (secondary N) is 1. The van der Waals surface area contributed by atoms with E-state index < -0.39 is 34.4 Å². The molecular formula is C18H15F3N2O3. The van der Waals surface area contributed by atoms with Crippen LogP contribution in [0.5, 0.6) is 0 Å². The smallest absolute Gasteiger partial charge is 0.325 e. The predicted octanol–water partition coefficient (Wildman–Crippen LogP) is 4.66. The fraction of sp³-hybridized carbons (Fsp3) is 0.278. The van der Waals surface area contributed by atoms with Crippen molar-refractivity contribution >= 4 is 17.3 Å². The second kappa shape index (κ2) is 6.44. The van der Waals surface area contributed by atoms with Crippen LogP contribution in [-0.4, -0.2) is 10.8 Å². The molecule has 1 fully saturated rings. The minimum atomic E-state index is -4.48. The summed E-state index contributed by atoms with van der Waals surface area (Å²) in [5.41, 5.74) is 0.138. The van der Waals surface area contributed by atoms with Crippen molar-refractivity contribution < 1.29 is 22.9 Å². The average Bonchev–Trinajstić information content (AvgIpc) is 3.36. The van der Waals surface area contributed by atoms with E-state index in [1.165, 1.54) is 36.4 Å². The van der Waals surface area contributed by atoms with Gasteiger partial charge in [-0.25, -0.2) is 0 Å². The van der Waals surface area contributed by atoms with Crippen LogP contribution in [0.3, 0.4) is 0 Å². The van der Waals surface area contributed by atoms with E-state index in [1.807, 2.05) is 0 Å². The molecule has 0 radical (unpaired) electrons. The van der Waals surface area contributed by atoms with Crippen LogP contribution in [0.1, 0.15) is 29.0 Å². The molecule has 0 bridgehead atoms. The molecule has 1 aliphatic carbocycles. The van der Waals surface area contributed by atoms with E-state index in [-0.39, 0.29) is 11.3 Å². The van der Waals surface area contributed by atoms with Crippen molar-refractivity contribution in [3.8, 4) is 0 Å². The van der Waals surface area contributed by atoms with Crippen molar-refractivity contribution in [2.75, 3.05) is 5.32 Å². The van der Waals surface area contributed by atoms with Gasteiger partial charge in [-0.1, -0.05) is 24.3 Å². The number of benzene rings is 2. The fourth-order valence-corrected chi connectivity index (χ4v) is 2.99. The summed E-state index contributed by atoms with van der Waals surface area (Å²) in [7, 11) is 0. The van der Waals surface area contributed by atoms with Gasteiger partial charge in [-0.2, -0.15) is 13.2 Å². The first-order valence-corrected chi connectivity index (χ1v) is 7.90. The van der Waals surface area contributed by atoms with Gasteiger partial charge in [0.1, 0.15) is 0 Å². The Balaban J connectivity index is 1.77. The first-order chi connectivity index (χ1) is 12.2. The van der Waals surface area contributed by atoms with Crippen LogP contribution in [0.2, 0.25) is 0 Å². The number of nitrogens with zero attached hydrogens (tertiary/aromatic N) is 1. The lowest BCUT2D eigenvalue weighted by molar-refractivity contribution is -0.384. The predicted molar refractivity (Wildman–Crippen MR) is 88.8 cm³/mol. The molecule has 8 heteroatoms. The maximum Gasteiger partial charge on any atom is 0.416 e. The second-order valence-electron chi connectivity index (χ2n) is 6.28. The molecule has 1 saturated carbocycles. The van der Waals surface area contributed by atoms with Crippen molar-refractivity contribution in [1.29, 1.82) is 0 Å². The Bertz CT molecular complexity index is 880. The molecule has 136 valence electrons. The van der Waals surface area contributed by atoms with E-state index in [1.54, 1.807) is 6.92 Å². The molecule has 0 spiro atoms.